The fourth-order valence-electron chi connectivity index (χ4n) is 1.56. The van der Waals surface area contributed by atoms with Crippen molar-refractivity contribution < 1.29 is 9.32 Å². The van der Waals surface area contributed by atoms with Crippen molar-refractivity contribution in [2.24, 2.45) is 10.8 Å². The van der Waals surface area contributed by atoms with E-state index in [0.717, 1.165) is 6.42 Å². The summed E-state index contributed by atoms with van der Waals surface area (Å²) >= 11 is 0. The second-order valence-corrected chi connectivity index (χ2v) is 5.26. The van der Waals surface area contributed by atoms with Crippen LogP contribution in [0.5, 0.6) is 0 Å². The van der Waals surface area contributed by atoms with Gasteiger partial charge in [0.25, 0.3) is 0 Å². The number of hydrogen-bond donors (Lipinski definition) is 0. The van der Waals surface area contributed by atoms with Gasteiger partial charge in [0.1, 0.15) is 0 Å². The van der Waals surface area contributed by atoms with Crippen LogP contribution in [0.1, 0.15) is 41.0 Å². The maximum atomic E-state index is 11.3. The standard InChI is InChI=1S/C9H19O2P/c1-8(2,3)6-9(4,5)7(10)11-12/h6,12H2,1-5H3. The number of hydrogen-bond acceptors (Lipinski definition) is 2. The molecule has 1 unspecified atom stereocenters. The molecule has 0 N–H and O–H groups in total. The molecule has 1 atom stereocenters. The topological polar surface area (TPSA) is 26.3 Å². The van der Waals surface area contributed by atoms with Gasteiger partial charge in [-0.2, -0.15) is 0 Å². The molecule has 0 amide bonds. The number of rotatable bonds is 2. The summed E-state index contributed by atoms with van der Waals surface area (Å²) in [6.07, 6.45) is 0.827. The van der Waals surface area contributed by atoms with E-state index in [0.29, 0.717) is 0 Å². The summed E-state index contributed by atoms with van der Waals surface area (Å²) in [4.78, 5) is 11.3. The van der Waals surface area contributed by atoms with Gasteiger partial charge in [-0.05, 0) is 25.7 Å². The minimum absolute atomic E-state index is 0.155. The zero-order chi connectivity index (χ0) is 9.99. The molecule has 0 aromatic heterocycles. The van der Waals surface area contributed by atoms with E-state index in [1.165, 1.54) is 0 Å². The fourth-order valence-corrected chi connectivity index (χ4v) is 1.88. The Morgan fingerprint density at radius 3 is 1.92 bits per heavy atom. The first kappa shape index (κ1) is 11.9. The van der Waals surface area contributed by atoms with Gasteiger partial charge in [0.15, 0.2) is 0 Å². The van der Waals surface area contributed by atoms with Crippen molar-refractivity contribution in [2.75, 3.05) is 0 Å². The van der Waals surface area contributed by atoms with E-state index in [2.05, 4.69) is 25.3 Å². The lowest BCUT2D eigenvalue weighted by Gasteiger charge is -2.29. The van der Waals surface area contributed by atoms with Crippen LogP contribution >= 0.6 is 9.47 Å². The minimum Gasteiger partial charge on any atom is -0.451 e. The van der Waals surface area contributed by atoms with Gasteiger partial charge in [-0.3, -0.25) is 4.79 Å². The molecule has 0 bridgehead atoms. The van der Waals surface area contributed by atoms with E-state index in [1.54, 1.807) is 0 Å². The highest BCUT2D eigenvalue weighted by molar-refractivity contribution is 7.10. The summed E-state index contributed by atoms with van der Waals surface area (Å²) in [5.74, 6) is -0.164. The van der Waals surface area contributed by atoms with E-state index >= 15 is 0 Å². The minimum atomic E-state index is -0.389. The van der Waals surface area contributed by atoms with Crippen LogP contribution in [0.2, 0.25) is 0 Å². The average molecular weight is 190 g/mol. The van der Waals surface area contributed by atoms with E-state index in [4.69, 9.17) is 0 Å². The van der Waals surface area contributed by atoms with Gasteiger partial charge in [0.2, 0.25) is 0 Å². The van der Waals surface area contributed by atoms with Crippen molar-refractivity contribution in [1.82, 2.24) is 0 Å². The molecule has 0 aliphatic rings. The van der Waals surface area contributed by atoms with Gasteiger partial charge in [-0.25, -0.2) is 0 Å². The van der Waals surface area contributed by atoms with Crippen molar-refractivity contribution in [3.8, 4) is 0 Å². The van der Waals surface area contributed by atoms with E-state index in [-0.39, 0.29) is 16.8 Å². The fraction of sp³-hybridized carbons (Fsp3) is 0.889. The van der Waals surface area contributed by atoms with Gasteiger partial charge in [0, 0.05) is 0 Å². The van der Waals surface area contributed by atoms with Crippen LogP contribution < -0.4 is 0 Å². The lowest BCUT2D eigenvalue weighted by atomic mass is 9.76. The molecule has 0 rings (SSSR count). The van der Waals surface area contributed by atoms with E-state index in [1.807, 2.05) is 23.3 Å². The van der Waals surface area contributed by atoms with E-state index < -0.39 is 0 Å². The molecular formula is C9H19O2P. The van der Waals surface area contributed by atoms with Crippen molar-refractivity contribution in [1.29, 1.82) is 0 Å². The SMILES string of the molecule is CC(C)(C)CC(C)(C)C(=O)OP. The molecule has 0 fully saturated rings. The molecule has 2 nitrogen and oxygen atoms in total. The highest BCUT2D eigenvalue weighted by Gasteiger charge is 2.33. The van der Waals surface area contributed by atoms with Crippen LogP contribution in [-0.2, 0) is 9.32 Å². The van der Waals surface area contributed by atoms with Crippen LogP contribution in [0.15, 0.2) is 0 Å². The van der Waals surface area contributed by atoms with Gasteiger partial charge in [0.05, 0.1) is 14.9 Å². The monoisotopic (exact) mass is 190 g/mol. The third kappa shape index (κ3) is 4.06. The second-order valence-electron chi connectivity index (χ2n) is 5.03. The van der Waals surface area contributed by atoms with Gasteiger partial charge < -0.3 is 4.52 Å². The summed E-state index contributed by atoms with van der Waals surface area (Å²) in [5.41, 5.74) is -0.234. The maximum Gasteiger partial charge on any atom is 0.313 e. The quantitative estimate of drug-likeness (QED) is 0.626. The Kier molecular flexibility index (Phi) is 3.71. The van der Waals surface area contributed by atoms with Crippen LogP contribution in [-0.4, -0.2) is 5.97 Å². The normalized spacial score (nSPS) is 12.8. The Morgan fingerprint density at radius 2 is 1.67 bits per heavy atom. The second kappa shape index (κ2) is 3.74. The Morgan fingerprint density at radius 1 is 1.25 bits per heavy atom. The first-order valence-electron chi connectivity index (χ1n) is 4.10. The van der Waals surface area contributed by atoms with Crippen molar-refractivity contribution in [3.05, 3.63) is 0 Å². The number of carbonyl (C=O) groups excluding carboxylic acids is 1. The molecule has 0 saturated carbocycles. The average Bonchev–Trinajstić information content (AvgIpc) is 1.80. The zero-order valence-corrected chi connectivity index (χ0v) is 9.76. The maximum absolute atomic E-state index is 11.3. The molecule has 72 valence electrons. The Hall–Kier alpha value is -0.100. The zero-order valence-electron chi connectivity index (χ0n) is 8.60. The summed E-state index contributed by atoms with van der Waals surface area (Å²) in [6.45, 7) is 10.2. The van der Waals surface area contributed by atoms with Crippen LogP contribution in [0.3, 0.4) is 0 Å². The predicted molar refractivity (Wildman–Crippen MR) is 53.7 cm³/mol. The molecule has 3 heteroatoms. The Bertz CT molecular complexity index is 168. The van der Waals surface area contributed by atoms with Crippen LogP contribution in [0.25, 0.3) is 0 Å². The van der Waals surface area contributed by atoms with Crippen molar-refractivity contribution in [3.63, 3.8) is 0 Å². The lowest BCUT2D eigenvalue weighted by molar-refractivity contribution is -0.144. The molecular weight excluding hydrogens is 171 g/mol. The molecule has 0 aliphatic carbocycles. The van der Waals surface area contributed by atoms with E-state index in [9.17, 15) is 4.79 Å². The van der Waals surface area contributed by atoms with Crippen molar-refractivity contribution >= 4 is 15.4 Å². The van der Waals surface area contributed by atoms with Gasteiger partial charge in [-0.15, -0.1) is 0 Å². The molecule has 0 radical (unpaired) electrons. The first-order chi connectivity index (χ1) is 5.19. The highest BCUT2D eigenvalue weighted by Crippen LogP contribution is 2.34. The molecule has 0 aliphatic heterocycles. The largest absolute Gasteiger partial charge is 0.451 e. The summed E-state index contributed by atoms with van der Waals surface area (Å²) < 4.78 is 4.64. The van der Waals surface area contributed by atoms with Crippen LogP contribution in [0, 0.1) is 10.8 Å². The summed E-state index contributed by atoms with van der Waals surface area (Å²) in [6, 6.07) is 0. The molecule has 12 heavy (non-hydrogen) atoms. The van der Waals surface area contributed by atoms with Gasteiger partial charge >= 0.3 is 5.97 Å². The summed E-state index contributed by atoms with van der Waals surface area (Å²) in [7, 11) is 2.00. The predicted octanol–water partition coefficient (Wildman–Crippen LogP) is 2.78. The smallest absolute Gasteiger partial charge is 0.313 e. The van der Waals surface area contributed by atoms with Crippen molar-refractivity contribution in [2.45, 2.75) is 41.0 Å². The number of carbonyl (C=O) groups is 1. The Labute approximate surface area is 77.4 Å². The molecule has 0 aromatic carbocycles. The summed E-state index contributed by atoms with van der Waals surface area (Å²) in [5, 5.41) is 0. The third-order valence-electron chi connectivity index (χ3n) is 1.63. The molecule has 0 saturated heterocycles. The third-order valence-corrected chi connectivity index (χ3v) is 1.85. The molecule has 0 aromatic rings. The van der Waals surface area contributed by atoms with Crippen LogP contribution in [0.4, 0.5) is 0 Å². The Balaban J connectivity index is 4.32. The highest BCUT2D eigenvalue weighted by atomic mass is 31.0. The lowest BCUT2D eigenvalue weighted by Crippen LogP contribution is -2.29. The molecule has 0 heterocycles. The molecule has 0 spiro atoms. The van der Waals surface area contributed by atoms with Gasteiger partial charge in [-0.1, -0.05) is 20.8 Å². The first-order valence-corrected chi connectivity index (χ1v) is 4.57.